The monoisotopic (exact) mass is 331 g/mol. The second-order valence-electron chi connectivity index (χ2n) is 4.17. The molecule has 0 saturated heterocycles. The Balaban J connectivity index is 2.22. The quantitative estimate of drug-likeness (QED) is 0.754. The maximum atomic E-state index is 11.6. The number of anilines is 1. The largest absolute Gasteiger partial charge is 0.396 e. The minimum Gasteiger partial charge on any atom is -0.396 e. The molecule has 0 aliphatic rings. The third kappa shape index (κ3) is 6.42. The number of carbonyl (C=O) groups is 1. The highest BCUT2D eigenvalue weighted by Crippen LogP contribution is 2.16. The number of hydrogen-bond acceptors (Lipinski definition) is 3. The molecule has 0 fully saturated rings. The molecule has 1 aromatic carbocycles. The average Bonchev–Trinajstić information content (AvgIpc) is 2.34. The Bertz CT molecular complexity index is 387. The Morgan fingerprint density at radius 2 is 2.33 bits per heavy atom. The molecule has 3 nitrogen and oxygen atoms in total. The van der Waals surface area contributed by atoms with Crippen molar-refractivity contribution in [2.24, 2.45) is 5.92 Å². The number of aliphatic hydroxyl groups excluding tert-OH is 1. The van der Waals surface area contributed by atoms with E-state index in [0.29, 0.717) is 12.3 Å². The highest BCUT2D eigenvalue weighted by molar-refractivity contribution is 9.10. The van der Waals surface area contributed by atoms with Crippen molar-refractivity contribution in [1.82, 2.24) is 0 Å². The number of benzene rings is 1. The van der Waals surface area contributed by atoms with Gasteiger partial charge in [0.2, 0.25) is 5.91 Å². The van der Waals surface area contributed by atoms with Gasteiger partial charge in [-0.1, -0.05) is 28.9 Å². The lowest BCUT2D eigenvalue weighted by atomic mass is 10.2. The van der Waals surface area contributed by atoms with E-state index in [9.17, 15) is 4.79 Å². The molecule has 1 aromatic rings. The number of halogens is 1. The van der Waals surface area contributed by atoms with Gasteiger partial charge in [-0.15, -0.1) is 0 Å². The zero-order valence-electron chi connectivity index (χ0n) is 10.4. The number of hydrogen-bond donors (Lipinski definition) is 2. The fourth-order valence-corrected chi connectivity index (χ4v) is 2.70. The lowest BCUT2D eigenvalue weighted by Gasteiger charge is -2.08. The molecule has 0 heterocycles. The molecule has 5 heteroatoms. The van der Waals surface area contributed by atoms with Crippen LogP contribution in [0.4, 0.5) is 5.69 Å². The van der Waals surface area contributed by atoms with Crippen molar-refractivity contribution in [2.45, 2.75) is 13.3 Å². The number of amides is 1. The van der Waals surface area contributed by atoms with E-state index in [1.54, 1.807) is 11.8 Å². The summed E-state index contributed by atoms with van der Waals surface area (Å²) in [5.74, 6) is 1.99. The molecule has 100 valence electrons. The van der Waals surface area contributed by atoms with E-state index in [1.807, 2.05) is 31.2 Å². The van der Waals surface area contributed by atoms with E-state index in [4.69, 9.17) is 5.11 Å². The molecule has 1 atom stereocenters. The lowest BCUT2D eigenvalue weighted by Crippen LogP contribution is -2.13. The van der Waals surface area contributed by atoms with Gasteiger partial charge in [-0.05, 0) is 29.9 Å². The Hall–Kier alpha value is -0.520. The number of thioether (sulfide) groups is 1. The fraction of sp³-hybridized carbons (Fsp3) is 0.462. The summed E-state index contributed by atoms with van der Waals surface area (Å²) in [6.45, 7) is 2.20. The van der Waals surface area contributed by atoms with Gasteiger partial charge in [0, 0.05) is 28.9 Å². The van der Waals surface area contributed by atoms with Crippen LogP contribution >= 0.6 is 27.7 Å². The Morgan fingerprint density at radius 3 is 3.00 bits per heavy atom. The van der Waals surface area contributed by atoms with Crippen molar-refractivity contribution >= 4 is 39.3 Å². The Morgan fingerprint density at radius 1 is 1.56 bits per heavy atom. The van der Waals surface area contributed by atoms with Crippen molar-refractivity contribution in [3.05, 3.63) is 28.7 Å². The van der Waals surface area contributed by atoms with Gasteiger partial charge in [-0.3, -0.25) is 4.79 Å². The third-order valence-corrected chi connectivity index (χ3v) is 4.09. The van der Waals surface area contributed by atoms with Gasteiger partial charge in [0.1, 0.15) is 0 Å². The molecule has 18 heavy (non-hydrogen) atoms. The van der Waals surface area contributed by atoms with Crippen LogP contribution in [-0.2, 0) is 4.79 Å². The Labute approximate surface area is 120 Å². The molecular weight excluding hydrogens is 314 g/mol. The SMILES string of the molecule is CC(CO)CSCCC(=O)Nc1cccc(Br)c1. The lowest BCUT2D eigenvalue weighted by molar-refractivity contribution is -0.115. The van der Waals surface area contributed by atoms with Gasteiger partial charge in [-0.2, -0.15) is 11.8 Å². The zero-order chi connectivity index (χ0) is 13.4. The van der Waals surface area contributed by atoms with E-state index in [1.165, 1.54) is 0 Å². The van der Waals surface area contributed by atoms with Crippen molar-refractivity contribution < 1.29 is 9.90 Å². The second-order valence-corrected chi connectivity index (χ2v) is 6.24. The van der Waals surface area contributed by atoms with Crippen LogP contribution in [0, 0.1) is 5.92 Å². The number of nitrogens with one attached hydrogen (secondary N) is 1. The molecule has 0 spiro atoms. The highest BCUT2D eigenvalue weighted by Gasteiger charge is 2.04. The normalized spacial score (nSPS) is 12.2. The first-order valence-electron chi connectivity index (χ1n) is 5.86. The van der Waals surface area contributed by atoms with Crippen LogP contribution in [0.3, 0.4) is 0 Å². The van der Waals surface area contributed by atoms with Gasteiger partial charge in [0.05, 0.1) is 0 Å². The summed E-state index contributed by atoms with van der Waals surface area (Å²) in [6.07, 6.45) is 0.495. The number of rotatable bonds is 7. The van der Waals surface area contributed by atoms with Crippen LogP contribution in [0.5, 0.6) is 0 Å². The molecule has 0 radical (unpaired) electrons. The Kier molecular flexibility index (Phi) is 7.39. The molecule has 1 rings (SSSR count). The van der Waals surface area contributed by atoms with E-state index in [-0.39, 0.29) is 12.5 Å². The predicted octanol–water partition coefficient (Wildman–Crippen LogP) is 3.14. The van der Waals surface area contributed by atoms with Crippen molar-refractivity contribution in [3.8, 4) is 0 Å². The molecule has 1 amide bonds. The van der Waals surface area contributed by atoms with Crippen LogP contribution < -0.4 is 5.32 Å². The number of aliphatic hydroxyl groups is 1. The minimum atomic E-state index is 0.0252. The summed E-state index contributed by atoms with van der Waals surface area (Å²) < 4.78 is 0.950. The molecule has 0 aliphatic carbocycles. The molecule has 0 bridgehead atoms. The predicted molar refractivity (Wildman–Crippen MR) is 81.0 cm³/mol. The standard InChI is InChI=1S/C13H18BrNO2S/c1-10(8-16)9-18-6-5-13(17)15-12-4-2-3-11(14)7-12/h2-4,7,10,16H,5-6,8-9H2,1H3,(H,15,17). The summed E-state index contributed by atoms with van der Waals surface area (Å²) in [5, 5.41) is 11.7. The maximum Gasteiger partial charge on any atom is 0.225 e. The van der Waals surface area contributed by atoms with Crippen molar-refractivity contribution in [2.75, 3.05) is 23.4 Å². The van der Waals surface area contributed by atoms with Gasteiger partial charge in [0.25, 0.3) is 0 Å². The molecule has 1 unspecified atom stereocenters. The van der Waals surface area contributed by atoms with Crippen molar-refractivity contribution in [3.63, 3.8) is 0 Å². The first-order chi connectivity index (χ1) is 8.61. The smallest absolute Gasteiger partial charge is 0.225 e. The van der Waals surface area contributed by atoms with Gasteiger partial charge < -0.3 is 10.4 Å². The minimum absolute atomic E-state index is 0.0252. The molecular formula is C13H18BrNO2S. The first-order valence-corrected chi connectivity index (χ1v) is 7.80. The maximum absolute atomic E-state index is 11.6. The summed E-state index contributed by atoms with van der Waals surface area (Å²) >= 11 is 5.06. The fourth-order valence-electron chi connectivity index (χ4n) is 1.29. The summed E-state index contributed by atoms with van der Waals surface area (Å²) in [7, 11) is 0. The summed E-state index contributed by atoms with van der Waals surface area (Å²) in [6, 6.07) is 7.54. The number of carbonyl (C=O) groups excluding carboxylic acids is 1. The van der Waals surface area contributed by atoms with Gasteiger partial charge >= 0.3 is 0 Å². The topological polar surface area (TPSA) is 49.3 Å². The van der Waals surface area contributed by atoms with E-state index < -0.39 is 0 Å². The molecule has 0 aliphatic heterocycles. The van der Waals surface area contributed by atoms with Gasteiger partial charge in [-0.25, -0.2) is 0 Å². The molecule has 0 aromatic heterocycles. The van der Waals surface area contributed by atoms with Crippen LogP contribution in [0.1, 0.15) is 13.3 Å². The summed E-state index contributed by atoms with van der Waals surface area (Å²) in [4.78, 5) is 11.6. The molecule has 0 saturated carbocycles. The van der Waals surface area contributed by atoms with Crippen LogP contribution in [0.2, 0.25) is 0 Å². The van der Waals surface area contributed by atoms with Crippen LogP contribution in [0.25, 0.3) is 0 Å². The zero-order valence-corrected chi connectivity index (χ0v) is 12.8. The third-order valence-electron chi connectivity index (χ3n) is 2.30. The van der Waals surface area contributed by atoms with E-state index in [0.717, 1.165) is 21.7 Å². The van der Waals surface area contributed by atoms with E-state index >= 15 is 0 Å². The first kappa shape index (κ1) is 15.5. The highest BCUT2D eigenvalue weighted by atomic mass is 79.9. The van der Waals surface area contributed by atoms with Crippen LogP contribution in [0.15, 0.2) is 28.7 Å². The van der Waals surface area contributed by atoms with Gasteiger partial charge in [0.15, 0.2) is 0 Å². The van der Waals surface area contributed by atoms with Crippen molar-refractivity contribution in [1.29, 1.82) is 0 Å². The summed E-state index contributed by atoms with van der Waals surface area (Å²) in [5.41, 5.74) is 0.808. The van der Waals surface area contributed by atoms with E-state index in [2.05, 4.69) is 21.2 Å². The molecule has 2 N–H and O–H groups in total. The van der Waals surface area contributed by atoms with Crippen LogP contribution in [-0.4, -0.2) is 29.1 Å². The average molecular weight is 332 g/mol. The second kappa shape index (κ2) is 8.56.